The molecule has 0 spiro atoms. The number of amides is 3. The molecular formula is C35H44ClN5O5Si. The molecule has 1 aromatic heterocycles. The summed E-state index contributed by atoms with van der Waals surface area (Å²) in [5.74, 6) is 0.727. The van der Waals surface area contributed by atoms with Gasteiger partial charge in [-0.1, -0.05) is 55.5 Å². The van der Waals surface area contributed by atoms with E-state index >= 15 is 0 Å². The van der Waals surface area contributed by atoms with Crippen LogP contribution in [-0.2, 0) is 25.8 Å². The minimum Gasteiger partial charge on any atom is -0.453 e. The number of allylic oxidation sites excluding steroid dienone is 1. The van der Waals surface area contributed by atoms with Gasteiger partial charge in [-0.15, -0.1) is 0 Å². The van der Waals surface area contributed by atoms with Crippen molar-refractivity contribution in [1.29, 1.82) is 0 Å². The standard InChI is InChI=1S/C35H44ClN5O5Si/c1-45-35(44)37-27-13-14-28-29(21-27)38-32(42)12-7-5-6-11-31(34-39-30(28)22-40(34)23-46-17-18-47(2,3)4)41-16-15-25(20-33(41)43)24-9-8-10-26(36)19-24/h5-6,8-10,13-14,19,21-22,25,31H,7,11-12,15-18,20,23H2,1-4H3,(H,37,44)(H,38,42)/b6-5-/t25?,31-/m0/s1. The molecule has 3 heterocycles. The van der Waals surface area contributed by atoms with Crippen molar-refractivity contribution in [2.24, 2.45) is 0 Å². The number of imidazole rings is 1. The molecule has 0 saturated carbocycles. The number of piperidine rings is 1. The van der Waals surface area contributed by atoms with Gasteiger partial charge in [-0.2, -0.15) is 0 Å². The summed E-state index contributed by atoms with van der Waals surface area (Å²) in [4.78, 5) is 45.9. The lowest BCUT2D eigenvalue weighted by atomic mass is 9.88. The van der Waals surface area contributed by atoms with Crippen LogP contribution in [0, 0.1) is 0 Å². The number of aromatic nitrogens is 2. The van der Waals surface area contributed by atoms with Crippen LogP contribution in [0.4, 0.5) is 16.2 Å². The highest BCUT2D eigenvalue weighted by Gasteiger charge is 2.34. The van der Waals surface area contributed by atoms with Crippen LogP contribution in [0.2, 0.25) is 30.7 Å². The number of rotatable bonds is 8. The summed E-state index contributed by atoms with van der Waals surface area (Å²) in [6.07, 6.45) is 7.91. The van der Waals surface area contributed by atoms with Gasteiger partial charge in [-0.3, -0.25) is 14.9 Å². The monoisotopic (exact) mass is 677 g/mol. The van der Waals surface area contributed by atoms with Crippen molar-refractivity contribution in [1.82, 2.24) is 14.5 Å². The summed E-state index contributed by atoms with van der Waals surface area (Å²) < 4.78 is 13.0. The van der Waals surface area contributed by atoms with E-state index in [0.29, 0.717) is 60.1 Å². The van der Waals surface area contributed by atoms with Crippen LogP contribution in [0.5, 0.6) is 0 Å². The maximum atomic E-state index is 13.9. The van der Waals surface area contributed by atoms with Gasteiger partial charge in [0.2, 0.25) is 11.8 Å². The molecule has 2 aliphatic heterocycles. The molecule has 2 bridgehead atoms. The van der Waals surface area contributed by atoms with E-state index in [1.165, 1.54) is 7.11 Å². The minimum atomic E-state index is -1.31. The first kappa shape index (κ1) is 34.4. The lowest BCUT2D eigenvalue weighted by Gasteiger charge is -2.37. The Balaban J connectivity index is 1.52. The highest BCUT2D eigenvalue weighted by atomic mass is 35.5. The number of halogens is 1. The summed E-state index contributed by atoms with van der Waals surface area (Å²) in [7, 11) is -0.0122. The normalized spacial score (nSPS) is 19.5. The highest BCUT2D eigenvalue weighted by molar-refractivity contribution is 6.76. The Bertz CT molecular complexity index is 1630. The lowest BCUT2D eigenvalue weighted by molar-refractivity contribution is -0.137. The van der Waals surface area contributed by atoms with Crippen molar-refractivity contribution < 1.29 is 23.9 Å². The second-order valence-corrected chi connectivity index (χ2v) is 19.4. The van der Waals surface area contributed by atoms with E-state index < -0.39 is 14.2 Å². The zero-order valence-corrected chi connectivity index (χ0v) is 29.3. The van der Waals surface area contributed by atoms with Gasteiger partial charge in [0.05, 0.1) is 24.5 Å². The molecule has 2 N–H and O–H groups in total. The molecule has 10 nitrogen and oxygen atoms in total. The first-order valence-corrected chi connectivity index (χ1v) is 20.2. The predicted molar refractivity (Wildman–Crippen MR) is 187 cm³/mol. The molecule has 1 saturated heterocycles. The summed E-state index contributed by atoms with van der Waals surface area (Å²) in [5, 5.41) is 6.35. The predicted octanol–water partition coefficient (Wildman–Crippen LogP) is 7.82. The van der Waals surface area contributed by atoms with Crippen molar-refractivity contribution in [3.8, 4) is 11.3 Å². The van der Waals surface area contributed by atoms with E-state index in [1.807, 2.05) is 58.1 Å². The van der Waals surface area contributed by atoms with E-state index in [2.05, 4.69) is 30.3 Å². The Morgan fingerprint density at radius 3 is 2.72 bits per heavy atom. The van der Waals surface area contributed by atoms with Gasteiger partial charge in [-0.05, 0) is 67.1 Å². The van der Waals surface area contributed by atoms with Gasteiger partial charge in [0.1, 0.15) is 12.6 Å². The smallest absolute Gasteiger partial charge is 0.411 e. The van der Waals surface area contributed by atoms with Crippen LogP contribution in [0.1, 0.15) is 55.5 Å². The SMILES string of the molecule is COC(=O)Nc1ccc2c(c1)NC(=O)CC/C=C\C[C@H](N1CCC(c3cccc(Cl)c3)CC1=O)c1nc-2cn1COCC[Si](C)(C)C. The number of carbonyl (C=O) groups is 3. The van der Waals surface area contributed by atoms with Gasteiger partial charge in [0.15, 0.2) is 0 Å². The number of likely N-dealkylation sites (tertiary alicyclic amines) is 1. The molecule has 1 fully saturated rings. The van der Waals surface area contributed by atoms with E-state index in [9.17, 15) is 14.4 Å². The van der Waals surface area contributed by atoms with E-state index in [-0.39, 0.29) is 36.9 Å². The van der Waals surface area contributed by atoms with Crippen molar-refractivity contribution in [3.63, 3.8) is 0 Å². The van der Waals surface area contributed by atoms with Crippen molar-refractivity contribution in [2.45, 2.75) is 76.5 Å². The summed E-state index contributed by atoms with van der Waals surface area (Å²) in [6.45, 7) is 8.44. The molecule has 2 atom stereocenters. The molecule has 1 unspecified atom stereocenters. The van der Waals surface area contributed by atoms with Crippen LogP contribution in [0.15, 0.2) is 60.8 Å². The lowest BCUT2D eigenvalue weighted by Crippen LogP contribution is -2.41. The second kappa shape index (κ2) is 15.3. The maximum absolute atomic E-state index is 13.9. The molecule has 250 valence electrons. The van der Waals surface area contributed by atoms with Gasteiger partial charge >= 0.3 is 6.09 Å². The quantitative estimate of drug-likeness (QED) is 0.143. The molecule has 3 aromatic rings. The Labute approximate surface area is 282 Å². The van der Waals surface area contributed by atoms with Crippen LogP contribution in [0.3, 0.4) is 0 Å². The molecule has 0 radical (unpaired) electrons. The van der Waals surface area contributed by atoms with E-state index in [4.69, 9.17) is 26.1 Å². The molecule has 2 aromatic carbocycles. The molecule has 47 heavy (non-hydrogen) atoms. The average molecular weight is 678 g/mol. The molecule has 5 rings (SSSR count). The topological polar surface area (TPSA) is 115 Å². The maximum Gasteiger partial charge on any atom is 0.411 e. The Hall–Kier alpha value is -3.93. The Morgan fingerprint density at radius 2 is 1.98 bits per heavy atom. The minimum absolute atomic E-state index is 0.0652. The summed E-state index contributed by atoms with van der Waals surface area (Å²) >= 11 is 6.28. The number of hydrogen-bond acceptors (Lipinski definition) is 6. The van der Waals surface area contributed by atoms with Crippen LogP contribution in [0.25, 0.3) is 11.3 Å². The number of methoxy groups -OCH3 is 1. The van der Waals surface area contributed by atoms with Crippen molar-refractivity contribution >= 4 is 49.0 Å². The number of nitrogens with zero attached hydrogens (tertiary/aromatic N) is 3. The number of carbonyl (C=O) groups excluding carboxylic acids is 3. The third-order valence-electron chi connectivity index (χ3n) is 8.55. The molecule has 2 aliphatic rings. The fraction of sp³-hybridized carbons (Fsp3) is 0.429. The van der Waals surface area contributed by atoms with Crippen LogP contribution in [-0.4, -0.2) is 60.7 Å². The highest BCUT2D eigenvalue weighted by Crippen LogP contribution is 2.38. The number of hydrogen-bond donors (Lipinski definition) is 2. The van der Waals surface area contributed by atoms with Crippen molar-refractivity contribution in [3.05, 3.63) is 77.2 Å². The third-order valence-corrected chi connectivity index (χ3v) is 10.5. The van der Waals surface area contributed by atoms with Crippen LogP contribution < -0.4 is 10.6 Å². The van der Waals surface area contributed by atoms with E-state index in [0.717, 1.165) is 23.9 Å². The molecule has 0 aliphatic carbocycles. The number of nitrogens with one attached hydrogen (secondary N) is 2. The van der Waals surface area contributed by atoms with Gasteiger partial charge in [0, 0.05) is 56.5 Å². The second-order valence-electron chi connectivity index (χ2n) is 13.3. The average Bonchev–Trinajstić information content (AvgIpc) is 3.44. The largest absolute Gasteiger partial charge is 0.453 e. The fourth-order valence-corrected chi connectivity index (χ4v) is 6.91. The summed E-state index contributed by atoms with van der Waals surface area (Å²) in [5.41, 5.74) is 3.38. The zero-order valence-electron chi connectivity index (χ0n) is 27.6. The number of ether oxygens (including phenoxy) is 2. The molecular weight excluding hydrogens is 634 g/mol. The van der Waals surface area contributed by atoms with Gasteiger partial charge in [-0.25, -0.2) is 9.78 Å². The Kier molecular flexibility index (Phi) is 11.2. The van der Waals surface area contributed by atoms with Gasteiger partial charge in [0.25, 0.3) is 0 Å². The third kappa shape index (κ3) is 9.12. The zero-order chi connectivity index (χ0) is 33.6. The Morgan fingerprint density at radius 1 is 1.15 bits per heavy atom. The van der Waals surface area contributed by atoms with Crippen molar-refractivity contribution in [2.75, 3.05) is 30.9 Å². The van der Waals surface area contributed by atoms with E-state index in [1.54, 1.807) is 12.1 Å². The number of benzene rings is 2. The van der Waals surface area contributed by atoms with Gasteiger partial charge < -0.3 is 24.3 Å². The number of fused-ring (bicyclic) bond motifs is 4. The molecule has 3 amide bonds. The first-order chi connectivity index (χ1) is 22.5. The van der Waals surface area contributed by atoms with Crippen LogP contribution >= 0.6 is 11.6 Å². The number of anilines is 2. The fourth-order valence-electron chi connectivity index (χ4n) is 5.95. The summed E-state index contributed by atoms with van der Waals surface area (Å²) in [6, 6.07) is 13.7. The first-order valence-electron chi connectivity index (χ1n) is 16.1. The molecule has 12 heteroatoms.